The summed E-state index contributed by atoms with van der Waals surface area (Å²) >= 11 is 0. The van der Waals surface area contributed by atoms with E-state index in [0.29, 0.717) is 0 Å². The Bertz CT molecular complexity index is 388. The molecule has 0 saturated carbocycles. The standard InChI is InChI=1S/C14H20N2O/c1-4-5-8-11-16(3)14(17)12-9-6-7-10-13(12)15-2/h4,6-7,9-10,15H,1,5,8,11H2,2-3H3. The van der Waals surface area contributed by atoms with E-state index in [4.69, 9.17) is 0 Å². The molecular formula is C14H20N2O. The molecule has 3 heteroatoms. The van der Waals surface area contributed by atoms with Crippen molar-refractivity contribution < 1.29 is 4.79 Å². The third-order valence-corrected chi connectivity index (χ3v) is 2.68. The number of rotatable bonds is 6. The quantitative estimate of drug-likeness (QED) is 0.604. The Hall–Kier alpha value is -1.77. The first-order chi connectivity index (χ1) is 8.20. The summed E-state index contributed by atoms with van der Waals surface area (Å²) in [4.78, 5) is 13.9. The van der Waals surface area contributed by atoms with Crippen molar-refractivity contribution in [2.45, 2.75) is 12.8 Å². The molecule has 0 aliphatic carbocycles. The van der Waals surface area contributed by atoms with Crippen molar-refractivity contribution in [3.8, 4) is 0 Å². The number of carbonyl (C=O) groups is 1. The first-order valence-electron chi connectivity index (χ1n) is 5.84. The fraction of sp³-hybridized carbons (Fsp3) is 0.357. The molecule has 0 aliphatic rings. The molecule has 0 saturated heterocycles. The maximum atomic E-state index is 12.2. The summed E-state index contributed by atoms with van der Waals surface area (Å²) in [5.41, 5.74) is 1.59. The van der Waals surface area contributed by atoms with Gasteiger partial charge < -0.3 is 10.2 Å². The molecule has 1 amide bonds. The Kier molecular flexibility index (Phi) is 5.27. The largest absolute Gasteiger partial charge is 0.387 e. The molecule has 0 atom stereocenters. The number of hydrogen-bond acceptors (Lipinski definition) is 2. The third-order valence-electron chi connectivity index (χ3n) is 2.68. The van der Waals surface area contributed by atoms with Crippen LogP contribution in [0.1, 0.15) is 23.2 Å². The summed E-state index contributed by atoms with van der Waals surface area (Å²) in [6, 6.07) is 7.55. The van der Waals surface area contributed by atoms with E-state index in [2.05, 4.69) is 11.9 Å². The van der Waals surface area contributed by atoms with Crippen LogP contribution in [0.2, 0.25) is 0 Å². The lowest BCUT2D eigenvalue weighted by Gasteiger charge is -2.18. The second kappa shape index (κ2) is 6.74. The van der Waals surface area contributed by atoms with Gasteiger partial charge in [-0.05, 0) is 25.0 Å². The minimum Gasteiger partial charge on any atom is -0.387 e. The second-order valence-electron chi connectivity index (χ2n) is 3.95. The minimum atomic E-state index is 0.0546. The van der Waals surface area contributed by atoms with Crippen molar-refractivity contribution in [3.63, 3.8) is 0 Å². The van der Waals surface area contributed by atoms with Gasteiger partial charge in [0.2, 0.25) is 0 Å². The zero-order valence-electron chi connectivity index (χ0n) is 10.6. The number of para-hydroxylation sites is 1. The topological polar surface area (TPSA) is 32.3 Å². The van der Waals surface area contributed by atoms with E-state index in [1.807, 2.05) is 44.4 Å². The third kappa shape index (κ3) is 3.63. The lowest BCUT2D eigenvalue weighted by Crippen LogP contribution is -2.28. The molecule has 0 aromatic heterocycles. The van der Waals surface area contributed by atoms with E-state index < -0.39 is 0 Å². The van der Waals surface area contributed by atoms with Gasteiger partial charge in [-0.1, -0.05) is 18.2 Å². The zero-order valence-corrected chi connectivity index (χ0v) is 10.6. The van der Waals surface area contributed by atoms with Crippen molar-refractivity contribution in [1.29, 1.82) is 0 Å². The summed E-state index contributed by atoms with van der Waals surface area (Å²) in [5, 5.41) is 3.03. The van der Waals surface area contributed by atoms with Crippen LogP contribution in [-0.4, -0.2) is 31.4 Å². The lowest BCUT2D eigenvalue weighted by atomic mass is 10.1. The van der Waals surface area contributed by atoms with Crippen molar-refractivity contribution in [2.24, 2.45) is 0 Å². The molecule has 0 fully saturated rings. The molecule has 0 bridgehead atoms. The number of hydrogen-bond donors (Lipinski definition) is 1. The highest BCUT2D eigenvalue weighted by molar-refractivity contribution is 5.99. The van der Waals surface area contributed by atoms with Crippen LogP contribution >= 0.6 is 0 Å². The molecule has 0 unspecified atom stereocenters. The molecule has 3 nitrogen and oxygen atoms in total. The number of unbranched alkanes of at least 4 members (excludes halogenated alkanes) is 1. The Morgan fingerprint density at radius 3 is 2.82 bits per heavy atom. The van der Waals surface area contributed by atoms with E-state index in [0.717, 1.165) is 30.6 Å². The van der Waals surface area contributed by atoms with Crippen LogP contribution in [0.4, 0.5) is 5.69 Å². The fourth-order valence-electron chi connectivity index (χ4n) is 1.67. The summed E-state index contributed by atoms with van der Waals surface area (Å²) in [6.07, 6.45) is 3.76. The molecule has 0 heterocycles. The highest BCUT2D eigenvalue weighted by Gasteiger charge is 2.13. The van der Waals surface area contributed by atoms with Gasteiger partial charge in [0, 0.05) is 26.3 Å². The SMILES string of the molecule is C=CCCCN(C)C(=O)c1ccccc1NC. The van der Waals surface area contributed by atoms with Gasteiger partial charge >= 0.3 is 0 Å². The highest BCUT2D eigenvalue weighted by atomic mass is 16.2. The number of carbonyl (C=O) groups excluding carboxylic acids is 1. The van der Waals surface area contributed by atoms with Gasteiger partial charge in [0.1, 0.15) is 0 Å². The summed E-state index contributed by atoms with van der Waals surface area (Å²) in [7, 11) is 3.65. The van der Waals surface area contributed by atoms with E-state index in [9.17, 15) is 4.79 Å². The summed E-state index contributed by atoms with van der Waals surface area (Å²) in [6.45, 7) is 4.43. The molecule has 1 rings (SSSR count). The number of nitrogens with zero attached hydrogens (tertiary/aromatic N) is 1. The van der Waals surface area contributed by atoms with Crippen LogP contribution in [0.25, 0.3) is 0 Å². The predicted octanol–water partition coefficient (Wildman–Crippen LogP) is 2.77. The predicted molar refractivity (Wildman–Crippen MR) is 72.4 cm³/mol. The van der Waals surface area contributed by atoms with Gasteiger partial charge in [-0.15, -0.1) is 6.58 Å². The highest BCUT2D eigenvalue weighted by Crippen LogP contribution is 2.16. The van der Waals surface area contributed by atoms with Gasteiger partial charge in [-0.25, -0.2) is 0 Å². The fourth-order valence-corrected chi connectivity index (χ4v) is 1.67. The molecule has 0 aliphatic heterocycles. The maximum Gasteiger partial charge on any atom is 0.255 e. The number of benzene rings is 1. The molecule has 0 spiro atoms. The Morgan fingerprint density at radius 2 is 2.18 bits per heavy atom. The van der Waals surface area contributed by atoms with Crippen LogP contribution in [0.5, 0.6) is 0 Å². The van der Waals surface area contributed by atoms with Crippen LogP contribution in [0.3, 0.4) is 0 Å². The summed E-state index contributed by atoms with van der Waals surface area (Å²) < 4.78 is 0. The van der Waals surface area contributed by atoms with Crippen molar-refractivity contribution in [1.82, 2.24) is 4.90 Å². The monoisotopic (exact) mass is 232 g/mol. The van der Waals surface area contributed by atoms with Crippen LogP contribution in [0.15, 0.2) is 36.9 Å². The summed E-state index contributed by atoms with van der Waals surface area (Å²) in [5.74, 6) is 0.0546. The normalized spacial score (nSPS) is 9.76. The average Bonchev–Trinajstić information content (AvgIpc) is 2.38. The van der Waals surface area contributed by atoms with Gasteiger partial charge in [0.15, 0.2) is 0 Å². The Morgan fingerprint density at radius 1 is 1.47 bits per heavy atom. The van der Waals surface area contributed by atoms with Crippen molar-refractivity contribution in [2.75, 3.05) is 26.0 Å². The first kappa shape index (κ1) is 13.3. The molecule has 0 radical (unpaired) electrons. The Labute approximate surface area is 103 Å². The van der Waals surface area contributed by atoms with Crippen molar-refractivity contribution in [3.05, 3.63) is 42.5 Å². The molecule has 92 valence electrons. The first-order valence-corrected chi connectivity index (χ1v) is 5.84. The number of anilines is 1. The van der Waals surface area contributed by atoms with Crippen molar-refractivity contribution >= 4 is 11.6 Å². The Balaban J connectivity index is 2.70. The molecule has 1 aromatic carbocycles. The molecular weight excluding hydrogens is 212 g/mol. The lowest BCUT2D eigenvalue weighted by molar-refractivity contribution is 0.0795. The van der Waals surface area contributed by atoms with Gasteiger partial charge in [0.25, 0.3) is 5.91 Å². The second-order valence-corrected chi connectivity index (χ2v) is 3.95. The minimum absolute atomic E-state index is 0.0546. The smallest absolute Gasteiger partial charge is 0.255 e. The van der Waals surface area contributed by atoms with Crippen LogP contribution in [-0.2, 0) is 0 Å². The van der Waals surface area contributed by atoms with E-state index >= 15 is 0 Å². The zero-order chi connectivity index (χ0) is 12.7. The van der Waals surface area contributed by atoms with Crippen LogP contribution < -0.4 is 5.32 Å². The van der Waals surface area contributed by atoms with E-state index in [1.165, 1.54) is 0 Å². The average molecular weight is 232 g/mol. The van der Waals surface area contributed by atoms with Gasteiger partial charge in [-0.3, -0.25) is 4.79 Å². The maximum absolute atomic E-state index is 12.2. The number of allylic oxidation sites excluding steroid dienone is 1. The number of amides is 1. The van der Waals surface area contributed by atoms with Crippen LogP contribution in [0, 0.1) is 0 Å². The van der Waals surface area contributed by atoms with Gasteiger partial charge in [-0.2, -0.15) is 0 Å². The van der Waals surface area contributed by atoms with Gasteiger partial charge in [0.05, 0.1) is 5.56 Å². The molecule has 1 aromatic rings. The van der Waals surface area contributed by atoms with E-state index in [-0.39, 0.29) is 5.91 Å². The molecule has 17 heavy (non-hydrogen) atoms. The molecule has 1 N–H and O–H groups in total. The van der Waals surface area contributed by atoms with E-state index in [1.54, 1.807) is 4.90 Å². The number of nitrogens with one attached hydrogen (secondary N) is 1.